The van der Waals surface area contributed by atoms with Crippen LogP contribution in [0.15, 0.2) is 28.6 Å². The molecule has 0 spiro atoms. The molecule has 4 N–H and O–H groups in total. The van der Waals surface area contributed by atoms with Crippen LogP contribution in [0.4, 0.5) is 0 Å². The first-order valence-electron chi connectivity index (χ1n) is 4.59. The second-order valence-corrected chi connectivity index (χ2v) is 6.27. The summed E-state index contributed by atoms with van der Waals surface area (Å²) in [6.45, 7) is -0.0997. The molecular weight excluding hydrogens is 246 g/mol. The molecule has 2 rings (SSSR count). The number of nitrogens with zero attached hydrogens (tertiary/aromatic N) is 1. The fourth-order valence-electron chi connectivity index (χ4n) is 1.37. The molecule has 0 fully saturated rings. The van der Waals surface area contributed by atoms with Gasteiger partial charge in [0.05, 0.1) is 20.6 Å². The van der Waals surface area contributed by atoms with Gasteiger partial charge in [0.25, 0.3) is 0 Å². The maximum Gasteiger partial charge on any atom is 0.196 e. The zero-order valence-corrected chi connectivity index (χ0v) is 9.96. The van der Waals surface area contributed by atoms with Crippen LogP contribution in [0.25, 0.3) is 10.2 Å². The summed E-state index contributed by atoms with van der Waals surface area (Å²) in [5, 5.41) is -1.07. The highest BCUT2D eigenvalue weighted by atomic mass is 32.2. The van der Waals surface area contributed by atoms with Gasteiger partial charge in [-0.1, -0.05) is 6.07 Å². The number of fused-ring (bicyclic) bond motifs is 1. The Kier molecular flexibility index (Phi) is 2.94. The highest BCUT2D eigenvalue weighted by molar-refractivity contribution is 7.92. The number of hydrogen-bond donors (Lipinski definition) is 2. The predicted molar refractivity (Wildman–Crippen MR) is 63.8 cm³/mol. The van der Waals surface area contributed by atoms with E-state index in [1.54, 1.807) is 17.6 Å². The maximum atomic E-state index is 12.0. The van der Waals surface area contributed by atoms with E-state index in [2.05, 4.69) is 4.98 Å². The molecule has 1 aromatic heterocycles. The van der Waals surface area contributed by atoms with Gasteiger partial charge >= 0.3 is 0 Å². The normalized spacial score (nSPS) is 14.1. The maximum absolute atomic E-state index is 12.0. The quantitative estimate of drug-likeness (QED) is 0.824. The third-order valence-electron chi connectivity index (χ3n) is 2.26. The average Bonchev–Trinajstić information content (AvgIpc) is 2.75. The molecule has 86 valence electrons. The van der Waals surface area contributed by atoms with Gasteiger partial charge in [0, 0.05) is 6.54 Å². The Morgan fingerprint density at radius 1 is 1.44 bits per heavy atom. The molecule has 1 unspecified atom stereocenters. The number of aromatic nitrogens is 1. The van der Waals surface area contributed by atoms with Gasteiger partial charge in [-0.05, 0) is 12.1 Å². The van der Waals surface area contributed by atoms with E-state index in [1.807, 2.05) is 0 Å². The van der Waals surface area contributed by atoms with Crippen molar-refractivity contribution in [3.05, 3.63) is 23.7 Å². The highest BCUT2D eigenvalue weighted by Crippen LogP contribution is 2.27. The van der Waals surface area contributed by atoms with Crippen molar-refractivity contribution in [3.63, 3.8) is 0 Å². The zero-order chi connectivity index (χ0) is 11.8. The fraction of sp³-hybridized carbons (Fsp3) is 0.222. The van der Waals surface area contributed by atoms with Crippen molar-refractivity contribution in [1.82, 2.24) is 4.98 Å². The fourth-order valence-corrected chi connectivity index (χ4v) is 3.77. The second-order valence-electron chi connectivity index (χ2n) is 3.28. The van der Waals surface area contributed by atoms with E-state index in [0.29, 0.717) is 10.2 Å². The molecule has 2 aromatic rings. The highest BCUT2D eigenvalue weighted by Gasteiger charge is 2.25. The molecule has 0 saturated heterocycles. The summed E-state index contributed by atoms with van der Waals surface area (Å²) in [5.74, 6) is 0. The van der Waals surface area contributed by atoms with Crippen LogP contribution in [-0.2, 0) is 9.84 Å². The topological polar surface area (TPSA) is 99.1 Å². The lowest BCUT2D eigenvalue weighted by molar-refractivity contribution is 0.582. The monoisotopic (exact) mass is 257 g/mol. The van der Waals surface area contributed by atoms with E-state index < -0.39 is 15.2 Å². The van der Waals surface area contributed by atoms with Crippen molar-refractivity contribution in [1.29, 1.82) is 0 Å². The van der Waals surface area contributed by atoms with E-state index >= 15 is 0 Å². The van der Waals surface area contributed by atoms with Crippen LogP contribution in [0, 0.1) is 0 Å². The standard InChI is InChI=1S/C9H11N3O2S2/c10-4-8(11)16(13,14)7-3-1-2-6-9(7)15-5-12-6/h1-3,5,8H,4,10-11H2. The minimum absolute atomic E-state index is 0.0997. The largest absolute Gasteiger partial charge is 0.328 e. The number of nitrogens with two attached hydrogens (primary N) is 2. The van der Waals surface area contributed by atoms with E-state index in [1.165, 1.54) is 17.4 Å². The molecule has 0 bridgehead atoms. The van der Waals surface area contributed by atoms with Gasteiger partial charge in [0.15, 0.2) is 9.84 Å². The van der Waals surface area contributed by atoms with Crippen molar-refractivity contribution in [2.24, 2.45) is 11.5 Å². The van der Waals surface area contributed by atoms with E-state index in [0.717, 1.165) is 0 Å². The van der Waals surface area contributed by atoms with Gasteiger partial charge in [-0.25, -0.2) is 13.4 Å². The molecule has 0 radical (unpaired) electrons. The molecule has 1 atom stereocenters. The summed E-state index contributed by atoms with van der Waals surface area (Å²) in [6.07, 6.45) is 0. The van der Waals surface area contributed by atoms with Crippen molar-refractivity contribution >= 4 is 31.4 Å². The van der Waals surface area contributed by atoms with Crippen LogP contribution < -0.4 is 11.5 Å². The van der Waals surface area contributed by atoms with Crippen molar-refractivity contribution in [2.75, 3.05) is 6.54 Å². The van der Waals surface area contributed by atoms with E-state index in [4.69, 9.17) is 11.5 Å². The lowest BCUT2D eigenvalue weighted by Gasteiger charge is -2.10. The van der Waals surface area contributed by atoms with Crippen molar-refractivity contribution in [2.45, 2.75) is 10.3 Å². The molecule has 0 aliphatic heterocycles. The Hall–Kier alpha value is -1.02. The molecular formula is C9H11N3O2S2. The molecule has 1 aromatic carbocycles. The Morgan fingerprint density at radius 2 is 2.19 bits per heavy atom. The Labute approximate surface area is 97.0 Å². The molecule has 0 aliphatic carbocycles. The third-order valence-corrected chi connectivity index (χ3v) is 5.21. The van der Waals surface area contributed by atoms with Gasteiger partial charge in [-0.15, -0.1) is 11.3 Å². The Morgan fingerprint density at radius 3 is 2.88 bits per heavy atom. The van der Waals surface area contributed by atoms with Crippen molar-refractivity contribution in [3.8, 4) is 0 Å². The second kappa shape index (κ2) is 4.10. The number of hydrogen-bond acceptors (Lipinski definition) is 6. The minimum atomic E-state index is -3.56. The van der Waals surface area contributed by atoms with Gasteiger partial charge < -0.3 is 11.5 Å². The van der Waals surface area contributed by atoms with Crippen LogP contribution in [0.3, 0.4) is 0 Å². The average molecular weight is 257 g/mol. The lowest BCUT2D eigenvalue weighted by Crippen LogP contribution is -2.37. The van der Waals surface area contributed by atoms with Gasteiger partial charge in [-0.3, -0.25) is 0 Å². The van der Waals surface area contributed by atoms with Gasteiger partial charge in [0.2, 0.25) is 0 Å². The minimum Gasteiger partial charge on any atom is -0.328 e. The molecule has 0 aliphatic rings. The number of rotatable bonds is 3. The SMILES string of the molecule is NCC(N)S(=O)(=O)c1cccc2ncsc12. The Bertz CT molecular complexity index is 606. The Balaban J connectivity index is 2.68. The summed E-state index contributed by atoms with van der Waals surface area (Å²) in [5.41, 5.74) is 13.1. The van der Waals surface area contributed by atoms with E-state index in [9.17, 15) is 8.42 Å². The lowest BCUT2D eigenvalue weighted by atomic mass is 10.3. The molecule has 0 saturated carbocycles. The molecule has 0 amide bonds. The summed E-state index contributed by atoms with van der Waals surface area (Å²) in [7, 11) is -3.56. The number of thiazole rings is 1. The van der Waals surface area contributed by atoms with Crippen LogP contribution in [-0.4, -0.2) is 25.3 Å². The third kappa shape index (κ3) is 1.71. The first kappa shape index (κ1) is 11.5. The van der Waals surface area contributed by atoms with Crippen LogP contribution in [0.1, 0.15) is 0 Å². The predicted octanol–water partition coefficient (Wildman–Crippen LogP) is 0.314. The zero-order valence-electron chi connectivity index (χ0n) is 8.33. The van der Waals surface area contributed by atoms with Crippen LogP contribution in [0.2, 0.25) is 0 Å². The van der Waals surface area contributed by atoms with Gasteiger partial charge in [0.1, 0.15) is 5.37 Å². The van der Waals surface area contributed by atoms with Crippen LogP contribution >= 0.6 is 11.3 Å². The molecule has 16 heavy (non-hydrogen) atoms. The summed E-state index contributed by atoms with van der Waals surface area (Å²) in [4.78, 5) is 4.27. The summed E-state index contributed by atoms with van der Waals surface area (Å²) < 4.78 is 24.7. The number of benzene rings is 1. The summed E-state index contributed by atoms with van der Waals surface area (Å²) in [6, 6.07) is 4.95. The van der Waals surface area contributed by atoms with E-state index in [-0.39, 0.29) is 11.4 Å². The molecule has 7 heteroatoms. The molecule has 1 heterocycles. The van der Waals surface area contributed by atoms with Crippen molar-refractivity contribution < 1.29 is 8.42 Å². The summed E-state index contributed by atoms with van der Waals surface area (Å²) >= 11 is 1.28. The van der Waals surface area contributed by atoms with Crippen LogP contribution in [0.5, 0.6) is 0 Å². The van der Waals surface area contributed by atoms with Gasteiger partial charge in [-0.2, -0.15) is 0 Å². The molecule has 5 nitrogen and oxygen atoms in total. The first-order valence-corrected chi connectivity index (χ1v) is 7.01. The number of sulfone groups is 1. The smallest absolute Gasteiger partial charge is 0.196 e. The first-order chi connectivity index (χ1) is 7.57.